The second-order valence-electron chi connectivity index (χ2n) is 5.96. The average molecular weight is 289 g/mol. The maximum absolute atomic E-state index is 11.9. The van der Waals surface area contributed by atoms with Crippen molar-refractivity contribution >= 4 is 10.0 Å². The first kappa shape index (κ1) is 15.3. The molecule has 2 aliphatic rings. The first-order valence-corrected chi connectivity index (χ1v) is 9.40. The summed E-state index contributed by atoms with van der Waals surface area (Å²) in [6.07, 6.45) is 10.6. The van der Waals surface area contributed by atoms with E-state index in [9.17, 15) is 8.42 Å². The quantitative estimate of drug-likeness (QED) is 0.698. The molecule has 2 aliphatic carbocycles. The van der Waals surface area contributed by atoms with Gasteiger partial charge >= 0.3 is 0 Å². The summed E-state index contributed by atoms with van der Waals surface area (Å²) in [6.45, 7) is 1.19. The van der Waals surface area contributed by atoms with Gasteiger partial charge in [-0.15, -0.1) is 0 Å². The lowest BCUT2D eigenvalue weighted by Crippen LogP contribution is -2.30. The highest BCUT2D eigenvalue weighted by molar-refractivity contribution is 7.89. The van der Waals surface area contributed by atoms with E-state index >= 15 is 0 Å². The number of rotatable bonds is 8. The van der Waals surface area contributed by atoms with Crippen LogP contribution in [0.25, 0.3) is 0 Å². The van der Waals surface area contributed by atoms with Crippen LogP contribution in [0.3, 0.4) is 0 Å². The Labute approximate surface area is 117 Å². The predicted octanol–water partition coefficient (Wildman–Crippen LogP) is 2.45. The van der Waals surface area contributed by atoms with Crippen LogP contribution < -0.4 is 4.72 Å². The van der Waals surface area contributed by atoms with Gasteiger partial charge in [0.1, 0.15) is 0 Å². The SMILES string of the molecule is O=S(=O)(CC1CCCC1)NCCCOC1CCCC1. The van der Waals surface area contributed by atoms with E-state index in [-0.39, 0.29) is 0 Å². The van der Waals surface area contributed by atoms with Gasteiger partial charge in [0.15, 0.2) is 0 Å². The molecular weight excluding hydrogens is 262 g/mol. The molecule has 0 heterocycles. The molecule has 112 valence electrons. The number of nitrogens with one attached hydrogen (secondary N) is 1. The summed E-state index contributed by atoms with van der Waals surface area (Å²) in [7, 11) is -3.07. The molecule has 19 heavy (non-hydrogen) atoms. The lowest BCUT2D eigenvalue weighted by molar-refractivity contribution is 0.0575. The topological polar surface area (TPSA) is 55.4 Å². The van der Waals surface area contributed by atoms with E-state index in [2.05, 4.69) is 4.72 Å². The molecule has 0 aromatic rings. The van der Waals surface area contributed by atoms with Crippen LogP contribution in [-0.4, -0.2) is 33.4 Å². The Kier molecular flexibility index (Phi) is 6.10. The number of hydrogen-bond donors (Lipinski definition) is 1. The van der Waals surface area contributed by atoms with Crippen LogP contribution in [0.15, 0.2) is 0 Å². The lowest BCUT2D eigenvalue weighted by atomic mass is 10.1. The van der Waals surface area contributed by atoms with E-state index in [1.54, 1.807) is 0 Å². The van der Waals surface area contributed by atoms with Gasteiger partial charge in [-0.3, -0.25) is 0 Å². The zero-order valence-corrected chi connectivity index (χ0v) is 12.6. The van der Waals surface area contributed by atoms with Gasteiger partial charge in [0.2, 0.25) is 10.0 Å². The second kappa shape index (κ2) is 7.60. The molecule has 0 bridgehead atoms. The first-order valence-electron chi connectivity index (χ1n) is 7.75. The van der Waals surface area contributed by atoms with Crippen molar-refractivity contribution in [2.75, 3.05) is 18.9 Å². The van der Waals surface area contributed by atoms with Crippen molar-refractivity contribution in [2.24, 2.45) is 5.92 Å². The van der Waals surface area contributed by atoms with Gasteiger partial charge in [-0.05, 0) is 38.0 Å². The van der Waals surface area contributed by atoms with Crippen molar-refractivity contribution in [3.8, 4) is 0 Å². The second-order valence-corrected chi connectivity index (χ2v) is 7.81. The molecule has 0 unspecified atom stereocenters. The fraction of sp³-hybridized carbons (Fsp3) is 1.00. The molecule has 0 atom stereocenters. The molecule has 0 aromatic heterocycles. The third kappa shape index (κ3) is 5.79. The third-order valence-electron chi connectivity index (χ3n) is 4.23. The van der Waals surface area contributed by atoms with Crippen molar-refractivity contribution < 1.29 is 13.2 Å². The standard InChI is InChI=1S/C14H27NO3S/c16-19(17,12-13-6-1-2-7-13)15-10-5-11-18-14-8-3-4-9-14/h13-15H,1-12H2. The van der Waals surface area contributed by atoms with Gasteiger partial charge in [-0.25, -0.2) is 13.1 Å². The van der Waals surface area contributed by atoms with E-state index in [1.807, 2.05) is 0 Å². The Morgan fingerprint density at radius 2 is 1.63 bits per heavy atom. The van der Waals surface area contributed by atoms with Gasteiger partial charge in [0.25, 0.3) is 0 Å². The van der Waals surface area contributed by atoms with Crippen molar-refractivity contribution in [2.45, 2.75) is 63.9 Å². The van der Waals surface area contributed by atoms with Gasteiger partial charge in [-0.1, -0.05) is 25.7 Å². The van der Waals surface area contributed by atoms with Gasteiger partial charge in [0.05, 0.1) is 11.9 Å². The van der Waals surface area contributed by atoms with Crippen molar-refractivity contribution in [3.05, 3.63) is 0 Å². The molecule has 0 saturated heterocycles. The first-order chi connectivity index (χ1) is 9.16. The number of hydrogen-bond acceptors (Lipinski definition) is 3. The summed E-state index contributed by atoms with van der Waals surface area (Å²) < 4.78 is 32.1. The molecule has 0 aromatic carbocycles. The Hall–Kier alpha value is -0.130. The Morgan fingerprint density at radius 3 is 2.32 bits per heavy atom. The van der Waals surface area contributed by atoms with Crippen LogP contribution in [0, 0.1) is 5.92 Å². The summed E-state index contributed by atoms with van der Waals surface area (Å²) in [6, 6.07) is 0. The minimum Gasteiger partial charge on any atom is -0.378 e. The molecule has 4 nitrogen and oxygen atoms in total. The molecule has 0 spiro atoms. The van der Waals surface area contributed by atoms with E-state index in [0.29, 0.717) is 30.9 Å². The summed E-state index contributed by atoms with van der Waals surface area (Å²) in [4.78, 5) is 0. The molecule has 0 aliphatic heterocycles. The molecule has 2 saturated carbocycles. The molecule has 2 rings (SSSR count). The summed E-state index contributed by atoms with van der Waals surface area (Å²) in [5, 5.41) is 0. The average Bonchev–Trinajstić information content (AvgIpc) is 3.00. The Balaban J connectivity index is 1.53. The van der Waals surface area contributed by atoms with Gasteiger partial charge in [0, 0.05) is 13.2 Å². The molecule has 1 N–H and O–H groups in total. The molecule has 0 radical (unpaired) electrons. The minimum atomic E-state index is -3.07. The van der Waals surface area contributed by atoms with Crippen LogP contribution in [-0.2, 0) is 14.8 Å². The highest BCUT2D eigenvalue weighted by atomic mass is 32.2. The van der Waals surface area contributed by atoms with Crippen LogP contribution in [0.2, 0.25) is 0 Å². The fourth-order valence-electron chi connectivity index (χ4n) is 3.15. The predicted molar refractivity (Wildman–Crippen MR) is 76.6 cm³/mol. The summed E-state index contributed by atoms with van der Waals surface area (Å²) >= 11 is 0. The molecule has 5 heteroatoms. The van der Waals surface area contributed by atoms with Gasteiger partial charge < -0.3 is 4.74 Å². The van der Waals surface area contributed by atoms with E-state index in [0.717, 1.165) is 19.3 Å². The van der Waals surface area contributed by atoms with Gasteiger partial charge in [-0.2, -0.15) is 0 Å². The van der Waals surface area contributed by atoms with Crippen molar-refractivity contribution in [1.29, 1.82) is 0 Å². The van der Waals surface area contributed by atoms with Crippen LogP contribution in [0.4, 0.5) is 0 Å². The largest absolute Gasteiger partial charge is 0.378 e. The number of ether oxygens (including phenoxy) is 1. The van der Waals surface area contributed by atoms with Crippen molar-refractivity contribution in [1.82, 2.24) is 4.72 Å². The Morgan fingerprint density at radius 1 is 1.00 bits per heavy atom. The Bertz CT molecular complexity index is 344. The summed E-state index contributed by atoms with van der Waals surface area (Å²) in [5.41, 5.74) is 0. The van der Waals surface area contributed by atoms with E-state index < -0.39 is 10.0 Å². The maximum Gasteiger partial charge on any atom is 0.211 e. The minimum absolute atomic E-state index is 0.316. The van der Waals surface area contributed by atoms with Crippen LogP contribution in [0.5, 0.6) is 0 Å². The highest BCUT2D eigenvalue weighted by Gasteiger charge is 2.22. The molecule has 2 fully saturated rings. The monoisotopic (exact) mass is 289 g/mol. The summed E-state index contributed by atoms with van der Waals surface area (Å²) in [5.74, 6) is 0.698. The molecule has 0 amide bonds. The van der Waals surface area contributed by atoms with E-state index in [4.69, 9.17) is 4.74 Å². The zero-order valence-electron chi connectivity index (χ0n) is 11.8. The number of sulfonamides is 1. The maximum atomic E-state index is 11.9. The zero-order chi connectivity index (χ0) is 13.6. The normalized spacial score (nSPS) is 22.3. The lowest BCUT2D eigenvalue weighted by Gasteiger charge is -2.13. The smallest absolute Gasteiger partial charge is 0.211 e. The third-order valence-corrected chi connectivity index (χ3v) is 5.78. The molecular formula is C14H27NO3S. The van der Waals surface area contributed by atoms with Crippen molar-refractivity contribution in [3.63, 3.8) is 0 Å². The van der Waals surface area contributed by atoms with E-state index in [1.165, 1.54) is 38.5 Å². The fourth-order valence-corrected chi connectivity index (χ4v) is 4.68. The van der Waals surface area contributed by atoms with Crippen LogP contribution >= 0.6 is 0 Å². The van der Waals surface area contributed by atoms with Crippen LogP contribution in [0.1, 0.15) is 57.8 Å². The highest BCUT2D eigenvalue weighted by Crippen LogP contribution is 2.25.